The van der Waals surface area contributed by atoms with Gasteiger partial charge in [0.15, 0.2) is 0 Å². The molecule has 1 heterocycles. The number of aliphatic hydroxyl groups is 1. The Morgan fingerprint density at radius 3 is 2.46 bits per heavy atom. The lowest BCUT2D eigenvalue weighted by Crippen LogP contribution is -2.41. The second kappa shape index (κ2) is 9.74. The van der Waals surface area contributed by atoms with Gasteiger partial charge in [-0.1, -0.05) is 54.6 Å². The van der Waals surface area contributed by atoms with Crippen LogP contribution in [0.3, 0.4) is 0 Å². The number of hydrogen-bond acceptors (Lipinski definition) is 4. The highest BCUT2D eigenvalue weighted by Gasteiger charge is 2.22. The summed E-state index contributed by atoms with van der Waals surface area (Å²) in [6, 6.07) is 30.7. The first-order valence-corrected chi connectivity index (χ1v) is 12.4. The average Bonchev–Trinajstić information content (AvgIpc) is 3.17. The third-order valence-corrected chi connectivity index (χ3v) is 7.05. The van der Waals surface area contributed by atoms with Crippen LogP contribution in [-0.2, 0) is 12.3 Å². The maximum atomic E-state index is 10.9. The van der Waals surface area contributed by atoms with Gasteiger partial charge in [-0.2, -0.15) is 0 Å². The lowest BCUT2D eigenvalue weighted by atomic mass is 10.0. The van der Waals surface area contributed by atoms with E-state index >= 15 is 0 Å². The summed E-state index contributed by atoms with van der Waals surface area (Å²) in [5.41, 5.74) is 9.63. The van der Waals surface area contributed by atoms with Gasteiger partial charge in [0.25, 0.3) is 0 Å². The van der Waals surface area contributed by atoms with Crippen molar-refractivity contribution in [3.8, 4) is 5.75 Å². The van der Waals surface area contributed by atoms with E-state index in [4.69, 9.17) is 10.5 Å². The quantitative estimate of drug-likeness (QED) is 0.130. The molecule has 0 spiro atoms. The van der Waals surface area contributed by atoms with Crippen LogP contribution in [0.1, 0.15) is 18.1 Å². The number of para-hydroxylation sites is 1. The number of nitrogen functional groups attached to an aromatic ring is 1. The van der Waals surface area contributed by atoms with Crippen molar-refractivity contribution >= 4 is 43.4 Å². The summed E-state index contributed by atoms with van der Waals surface area (Å²) in [7, 11) is 0. The van der Waals surface area contributed by atoms with Crippen LogP contribution in [0, 0.1) is 0 Å². The van der Waals surface area contributed by atoms with E-state index in [9.17, 15) is 5.11 Å². The van der Waals surface area contributed by atoms with Crippen molar-refractivity contribution in [1.82, 2.24) is 9.88 Å². The minimum Gasteiger partial charge on any atom is -0.492 e. The van der Waals surface area contributed by atoms with Crippen molar-refractivity contribution in [2.75, 3.05) is 18.9 Å². The van der Waals surface area contributed by atoms with Gasteiger partial charge in [0, 0.05) is 51.2 Å². The fourth-order valence-corrected chi connectivity index (χ4v) is 4.71. The largest absolute Gasteiger partial charge is 0.492 e. The molecule has 4 N–H and O–H groups in total. The molecule has 5 nitrogen and oxygen atoms in total. The number of fused-ring (bicyclic) bond motifs is 3. The number of benzene rings is 4. The van der Waals surface area contributed by atoms with Crippen molar-refractivity contribution in [2.24, 2.45) is 0 Å². The minimum absolute atomic E-state index is 0.409. The summed E-state index contributed by atoms with van der Waals surface area (Å²) in [6.45, 7) is 3.37. The number of nitrogens with two attached hydrogens (primary N) is 1. The molecule has 1 aromatic heterocycles. The van der Waals surface area contributed by atoms with Crippen LogP contribution in [0.5, 0.6) is 5.75 Å². The molecule has 5 rings (SSSR count). The molecular weight excluding hydrogens is 502 g/mol. The number of ether oxygens (including phenoxy) is 1. The first-order valence-electron chi connectivity index (χ1n) is 11.6. The second-order valence-corrected chi connectivity index (χ2v) is 9.71. The van der Waals surface area contributed by atoms with E-state index in [1.54, 1.807) is 13.0 Å². The molecule has 0 aliphatic rings. The van der Waals surface area contributed by atoms with Crippen LogP contribution >= 0.6 is 15.9 Å². The second-order valence-electron chi connectivity index (χ2n) is 8.85. The monoisotopic (exact) mass is 529 g/mol. The Hall–Kier alpha value is -3.32. The summed E-state index contributed by atoms with van der Waals surface area (Å²) < 4.78 is 9.22. The summed E-state index contributed by atoms with van der Waals surface area (Å²) in [4.78, 5) is 0. The highest BCUT2D eigenvalue weighted by atomic mass is 79.9. The Balaban J connectivity index is 1.33. The predicted molar refractivity (Wildman–Crippen MR) is 147 cm³/mol. The maximum Gasteiger partial charge on any atom is 0.139 e. The molecule has 1 atom stereocenters. The number of nitrogens with one attached hydrogen (secondary N) is 1. The van der Waals surface area contributed by atoms with Gasteiger partial charge in [0.05, 0.1) is 5.52 Å². The normalized spacial score (nSPS) is 13.2. The average molecular weight is 530 g/mol. The molecule has 0 aliphatic heterocycles. The van der Waals surface area contributed by atoms with Crippen molar-refractivity contribution in [2.45, 2.75) is 19.2 Å². The summed E-state index contributed by atoms with van der Waals surface area (Å²) in [5, 5.41) is 16.4. The molecule has 0 bridgehead atoms. The van der Waals surface area contributed by atoms with E-state index in [0.29, 0.717) is 24.4 Å². The molecule has 5 aromatic rings. The Morgan fingerprint density at radius 2 is 1.66 bits per heavy atom. The topological polar surface area (TPSA) is 72.4 Å². The SMILES string of the molecule is C[C@](O)(NCCOc1ccc2c3ccccc3n(Cc3ccccc3)c2c1)c1ccc(Br)c(N)c1. The number of anilines is 1. The fraction of sp³-hybridized carbons (Fsp3) is 0.172. The molecule has 178 valence electrons. The smallest absolute Gasteiger partial charge is 0.139 e. The van der Waals surface area contributed by atoms with E-state index < -0.39 is 5.72 Å². The molecule has 0 saturated heterocycles. The summed E-state index contributed by atoms with van der Waals surface area (Å²) >= 11 is 3.39. The Morgan fingerprint density at radius 1 is 0.914 bits per heavy atom. The number of aromatic nitrogens is 1. The molecule has 0 unspecified atom stereocenters. The van der Waals surface area contributed by atoms with Crippen molar-refractivity contribution < 1.29 is 9.84 Å². The van der Waals surface area contributed by atoms with E-state index in [2.05, 4.69) is 86.5 Å². The van der Waals surface area contributed by atoms with Gasteiger partial charge < -0.3 is 20.1 Å². The van der Waals surface area contributed by atoms with Crippen molar-refractivity contribution in [1.29, 1.82) is 0 Å². The number of nitrogens with zero attached hydrogens (tertiary/aromatic N) is 1. The molecule has 0 amide bonds. The highest BCUT2D eigenvalue weighted by molar-refractivity contribution is 9.10. The standard InChI is InChI=1S/C29H28BrN3O2/c1-29(34,21-11-14-25(30)26(31)17-21)32-15-16-35-22-12-13-24-23-9-5-6-10-27(23)33(28(24)18-22)19-20-7-3-2-4-8-20/h2-14,17-18,32,34H,15-16,19,31H2,1H3/t29-/m1/s1. The van der Waals surface area contributed by atoms with Crippen molar-refractivity contribution in [3.63, 3.8) is 0 Å². The van der Waals surface area contributed by atoms with Gasteiger partial charge in [-0.15, -0.1) is 0 Å². The first-order chi connectivity index (χ1) is 16.9. The third kappa shape index (κ3) is 4.91. The van der Waals surface area contributed by atoms with Crippen LogP contribution in [0.2, 0.25) is 0 Å². The molecule has 35 heavy (non-hydrogen) atoms. The lowest BCUT2D eigenvalue weighted by molar-refractivity contribution is 0.0170. The highest BCUT2D eigenvalue weighted by Crippen LogP contribution is 2.32. The number of rotatable bonds is 8. The lowest BCUT2D eigenvalue weighted by Gasteiger charge is -2.26. The fourth-order valence-electron chi connectivity index (χ4n) is 4.47. The molecule has 4 aromatic carbocycles. The van der Waals surface area contributed by atoms with Crippen LogP contribution in [-0.4, -0.2) is 22.8 Å². The van der Waals surface area contributed by atoms with E-state index in [0.717, 1.165) is 22.3 Å². The van der Waals surface area contributed by atoms with Crippen LogP contribution < -0.4 is 15.8 Å². The molecule has 0 fully saturated rings. The summed E-state index contributed by atoms with van der Waals surface area (Å²) in [5.74, 6) is 0.795. The molecule has 6 heteroatoms. The Kier molecular flexibility index (Phi) is 6.52. The summed E-state index contributed by atoms with van der Waals surface area (Å²) in [6.07, 6.45) is 0. The zero-order valence-electron chi connectivity index (χ0n) is 19.5. The van der Waals surface area contributed by atoms with Gasteiger partial charge in [-0.05, 0) is 58.7 Å². The van der Waals surface area contributed by atoms with E-state index in [-0.39, 0.29) is 0 Å². The third-order valence-electron chi connectivity index (χ3n) is 6.33. The van der Waals surface area contributed by atoms with Crippen molar-refractivity contribution in [3.05, 3.63) is 107 Å². The van der Waals surface area contributed by atoms with E-state index in [1.165, 1.54) is 21.9 Å². The Labute approximate surface area is 213 Å². The van der Waals surface area contributed by atoms with Gasteiger partial charge in [-0.25, -0.2) is 0 Å². The number of hydrogen-bond donors (Lipinski definition) is 3. The maximum absolute atomic E-state index is 10.9. The van der Waals surface area contributed by atoms with Crippen LogP contribution in [0.4, 0.5) is 5.69 Å². The van der Waals surface area contributed by atoms with Crippen LogP contribution in [0.25, 0.3) is 21.8 Å². The van der Waals surface area contributed by atoms with Gasteiger partial charge in [0.1, 0.15) is 18.1 Å². The van der Waals surface area contributed by atoms with Gasteiger partial charge in [0.2, 0.25) is 0 Å². The number of halogens is 1. The predicted octanol–water partition coefficient (Wildman–Crippen LogP) is 6.02. The zero-order chi connectivity index (χ0) is 24.4. The Bertz CT molecular complexity index is 1480. The first kappa shape index (κ1) is 23.4. The molecule has 0 saturated carbocycles. The van der Waals surface area contributed by atoms with Gasteiger partial charge in [-0.3, -0.25) is 5.32 Å². The molecule has 0 radical (unpaired) electrons. The minimum atomic E-state index is -1.22. The molecular formula is C29H28BrN3O2. The van der Waals surface area contributed by atoms with E-state index in [1.807, 2.05) is 24.3 Å². The van der Waals surface area contributed by atoms with Gasteiger partial charge >= 0.3 is 0 Å². The van der Waals surface area contributed by atoms with Crippen LogP contribution in [0.15, 0.2) is 95.5 Å². The zero-order valence-corrected chi connectivity index (χ0v) is 21.1. The molecule has 0 aliphatic carbocycles.